The van der Waals surface area contributed by atoms with E-state index in [1.54, 1.807) is 17.9 Å². The molecular weight excluding hydrogens is 402 g/mol. The minimum Gasteiger partial charge on any atom is -0.497 e. The Morgan fingerprint density at radius 3 is 2.47 bits per heavy atom. The number of nitrogens with one attached hydrogen (secondary N) is 2. The van der Waals surface area contributed by atoms with Gasteiger partial charge in [-0.1, -0.05) is 35.9 Å². The molecule has 0 unspecified atom stereocenters. The Morgan fingerprint density at radius 1 is 1.03 bits per heavy atom. The third-order valence-corrected chi connectivity index (χ3v) is 5.63. The molecule has 2 atom stereocenters. The van der Waals surface area contributed by atoms with Crippen LogP contribution in [0.3, 0.4) is 0 Å². The summed E-state index contributed by atoms with van der Waals surface area (Å²) in [6.45, 7) is 3.95. The molecule has 1 aliphatic heterocycles. The summed E-state index contributed by atoms with van der Waals surface area (Å²) in [7, 11) is 1.61. The molecule has 3 aromatic rings. The van der Waals surface area contributed by atoms with Gasteiger partial charge in [-0.15, -0.1) is 10.1 Å². The van der Waals surface area contributed by atoms with E-state index in [1.807, 2.05) is 86.8 Å². The first-order valence-corrected chi connectivity index (χ1v) is 10.5. The first kappa shape index (κ1) is 21.3. The van der Waals surface area contributed by atoms with E-state index in [2.05, 4.69) is 10.7 Å². The van der Waals surface area contributed by atoms with E-state index in [1.165, 1.54) is 0 Å². The Labute approximate surface area is 187 Å². The number of nitrogens with zero attached hydrogens (tertiary/aromatic N) is 1. The fourth-order valence-corrected chi connectivity index (χ4v) is 3.87. The maximum atomic E-state index is 13.0. The topological polar surface area (TPSA) is 70.4 Å². The number of carbonyl (C=O) groups is 2. The largest absolute Gasteiger partial charge is 0.497 e. The lowest BCUT2D eigenvalue weighted by Gasteiger charge is -2.15. The normalized spacial score (nSPS) is 19.0. The summed E-state index contributed by atoms with van der Waals surface area (Å²) in [5.74, 6) is 0.169. The Hall–Kier alpha value is -3.93. The molecule has 0 saturated carbocycles. The number of aryl methyl sites for hydroxylation is 2. The quantitative estimate of drug-likeness (QED) is 0.613. The molecule has 3 aromatic carbocycles. The lowest BCUT2D eigenvalue weighted by Crippen LogP contribution is -2.42. The van der Waals surface area contributed by atoms with Crippen molar-refractivity contribution in [3.8, 4) is 5.75 Å². The molecule has 1 saturated heterocycles. The Bertz CT molecular complexity index is 1180. The average molecular weight is 429 g/mol. The zero-order chi connectivity index (χ0) is 22.7. The van der Waals surface area contributed by atoms with Gasteiger partial charge in [0.2, 0.25) is 12.3 Å². The zero-order valence-corrected chi connectivity index (χ0v) is 18.3. The molecule has 6 nitrogen and oxygen atoms in total. The van der Waals surface area contributed by atoms with Crippen molar-refractivity contribution in [3.63, 3.8) is 0 Å². The highest BCUT2D eigenvalue weighted by Gasteiger charge is 2.47. The summed E-state index contributed by atoms with van der Waals surface area (Å²) in [5.41, 5.74) is 7.37. The fourth-order valence-electron chi connectivity index (χ4n) is 3.87. The maximum Gasteiger partial charge on any atom is 0.304 e. The van der Waals surface area contributed by atoms with Crippen LogP contribution in [0.1, 0.15) is 38.7 Å². The lowest BCUT2D eigenvalue weighted by atomic mass is 9.99. The second kappa shape index (κ2) is 9.06. The molecule has 0 spiro atoms. The maximum absolute atomic E-state index is 13.0. The lowest BCUT2D eigenvalue weighted by molar-refractivity contribution is -0.596. The monoisotopic (exact) mass is 428 g/mol. The molecule has 1 aliphatic rings. The number of hydrazone groups is 1. The van der Waals surface area contributed by atoms with Gasteiger partial charge < -0.3 is 10.1 Å². The smallest absolute Gasteiger partial charge is 0.304 e. The molecule has 0 aliphatic carbocycles. The van der Waals surface area contributed by atoms with E-state index in [9.17, 15) is 9.59 Å². The molecule has 1 heterocycles. The number of methoxy groups -OCH3 is 1. The van der Waals surface area contributed by atoms with Crippen LogP contribution in [-0.2, 0) is 4.79 Å². The standard InChI is InChI=1S/C26H25N3O3/c1-17-7-6-10-20(15-17)25(30)27-23-24(19-11-13-22(32-3)14-12-19)29(28-26(23)31)16-21-9-5-4-8-18(21)2/h4-16,23-24H,1-3H3,(H-,27,28,30,31)/p+1/b29-16-/t23-,24+/m1/s1. The van der Waals surface area contributed by atoms with Gasteiger partial charge in [0.1, 0.15) is 5.75 Å². The first-order chi connectivity index (χ1) is 15.5. The summed E-state index contributed by atoms with van der Waals surface area (Å²) in [6, 6.07) is 21.6. The molecule has 4 rings (SSSR count). The summed E-state index contributed by atoms with van der Waals surface area (Å²) in [4.78, 5) is 25.9. The highest BCUT2D eigenvalue weighted by molar-refractivity contribution is 5.98. The van der Waals surface area contributed by atoms with E-state index in [4.69, 9.17) is 4.74 Å². The van der Waals surface area contributed by atoms with Crippen LogP contribution < -0.4 is 15.5 Å². The van der Waals surface area contributed by atoms with Gasteiger partial charge in [0.25, 0.3) is 5.91 Å². The molecule has 2 amide bonds. The first-order valence-electron chi connectivity index (χ1n) is 10.5. The van der Waals surface area contributed by atoms with Crippen LogP contribution >= 0.6 is 0 Å². The van der Waals surface area contributed by atoms with E-state index < -0.39 is 12.1 Å². The zero-order valence-electron chi connectivity index (χ0n) is 18.3. The van der Waals surface area contributed by atoms with Crippen molar-refractivity contribution in [2.45, 2.75) is 25.9 Å². The fraction of sp³-hybridized carbons (Fsp3) is 0.192. The number of hydrazine groups is 1. The van der Waals surface area contributed by atoms with Crippen molar-refractivity contribution in [1.29, 1.82) is 0 Å². The van der Waals surface area contributed by atoms with Gasteiger partial charge in [-0.25, -0.2) is 0 Å². The van der Waals surface area contributed by atoms with Crippen molar-refractivity contribution < 1.29 is 19.0 Å². The molecule has 0 bridgehead atoms. The van der Waals surface area contributed by atoms with Crippen molar-refractivity contribution in [2.24, 2.45) is 0 Å². The molecule has 0 radical (unpaired) electrons. The Morgan fingerprint density at radius 2 is 1.78 bits per heavy atom. The number of hydrogen-bond donors (Lipinski definition) is 2. The van der Waals surface area contributed by atoms with Gasteiger partial charge in [-0.2, -0.15) is 0 Å². The van der Waals surface area contributed by atoms with Crippen molar-refractivity contribution >= 4 is 18.0 Å². The number of ether oxygens (including phenoxy) is 1. The summed E-state index contributed by atoms with van der Waals surface area (Å²) in [6.07, 6.45) is 1.90. The van der Waals surface area contributed by atoms with E-state index in [-0.39, 0.29) is 11.8 Å². The predicted octanol–water partition coefficient (Wildman–Crippen LogP) is 3.33. The second-order valence-electron chi connectivity index (χ2n) is 7.91. The third kappa shape index (κ3) is 4.39. The highest BCUT2D eigenvalue weighted by Crippen LogP contribution is 2.27. The van der Waals surface area contributed by atoms with Crippen LogP contribution in [0.15, 0.2) is 72.8 Å². The SMILES string of the molecule is COc1ccc([C@H]2[C@@H](NC(=O)c3cccc(C)c3)C(=O)N/[N+]2=C\c2ccccc2C)cc1. The van der Waals surface area contributed by atoms with Crippen LogP contribution in [0.4, 0.5) is 0 Å². The van der Waals surface area contributed by atoms with E-state index in [0.717, 1.165) is 28.0 Å². The second-order valence-corrected chi connectivity index (χ2v) is 7.91. The predicted molar refractivity (Wildman–Crippen MR) is 123 cm³/mol. The number of benzene rings is 3. The van der Waals surface area contributed by atoms with Gasteiger partial charge in [0.15, 0.2) is 6.04 Å². The van der Waals surface area contributed by atoms with Crippen molar-refractivity contribution in [3.05, 3.63) is 101 Å². The molecule has 32 heavy (non-hydrogen) atoms. The van der Waals surface area contributed by atoms with Gasteiger partial charge in [-0.3, -0.25) is 9.59 Å². The van der Waals surface area contributed by atoms with Crippen LogP contribution in [0.25, 0.3) is 0 Å². The minimum absolute atomic E-state index is 0.267. The third-order valence-electron chi connectivity index (χ3n) is 5.63. The summed E-state index contributed by atoms with van der Waals surface area (Å²) < 4.78 is 7.05. The molecule has 1 fully saturated rings. The number of rotatable bonds is 5. The van der Waals surface area contributed by atoms with Crippen LogP contribution in [0.5, 0.6) is 5.75 Å². The van der Waals surface area contributed by atoms with Crippen LogP contribution in [0.2, 0.25) is 0 Å². The highest BCUT2D eigenvalue weighted by atomic mass is 16.5. The van der Waals surface area contributed by atoms with Gasteiger partial charge in [0.05, 0.1) is 7.11 Å². The van der Waals surface area contributed by atoms with Crippen LogP contribution in [0, 0.1) is 13.8 Å². The number of hydrogen-bond acceptors (Lipinski definition) is 3. The van der Waals surface area contributed by atoms with E-state index >= 15 is 0 Å². The molecule has 162 valence electrons. The Kier molecular flexibility index (Phi) is 6.03. The summed E-state index contributed by atoms with van der Waals surface area (Å²) in [5, 5.41) is 2.94. The molecule has 0 aromatic heterocycles. The molecular formula is C26H26N3O3+. The van der Waals surface area contributed by atoms with Gasteiger partial charge in [0, 0.05) is 16.7 Å². The van der Waals surface area contributed by atoms with Gasteiger partial charge in [-0.05, 0) is 61.9 Å². The van der Waals surface area contributed by atoms with Crippen molar-refractivity contribution in [1.82, 2.24) is 10.7 Å². The van der Waals surface area contributed by atoms with Gasteiger partial charge >= 0.3 is 5.91 Å². The Balaban J connectivity index is 1.72. The minimum atomic E-state index is -0.767. The number of amides is 2. The summed E-state index contributed by atoms with van der Waals surface area (Å²) >= 11 is 0. The number of carbonyl (C=O) groups excluding carboxylic acids is 2. The van der Waals surface area contributed by atoms with E-state index in [0.29, 0.717) is 5.56 Å². The average Bonchev–Trinajstić information content (AvgIpc) is 3.10. The molecule has 6 heteroatoms. The van der Waals surface area contributed by atoms with Crippen molar-refractivity contribution in [2.75, 3.05) is 7.11 Å². The molecule has 2 N–H and O–H groups in total. The van der Waals surface area contributed by atoms with Crippen LogP contribution in [-0.4, -0.2) is 35.9 Å².